The van der Waals surface area contributed by atoms with Crippen molar-refractivity contribution in [1.82, 2.24) is 4.90 Å². The fraction of sp³-hybridized carbons (Fsp3) is 0.938. The van der Waals surface area contributed by atoms with Crippen molar-refractivity contribution in [3.63, 3.8) is 0 Å². The Bertz CT molecular complexity index is 408. The van der Waals surface area contributed by atoms with E-state index in [-0.39, 0.29) is 0 Å². The van der Waals surface area contributed by atoms with Gasteiger partial charge in [0.2, 0.25) is 0 Å². The van der Waals surface area contributed by atoms with Gasteiger partial charge in [-0.1, -0.05) is 50.0 Å². The van der Waals surface area contributed by atoms with Crippen LogP contribution in [0.3, 0.4) is 0 Å². The van der Waals surface area contributed by atoms with E-state index in [0.717, 1.165) is 24.3 Å². The molecule has 3 aliphatic rings. The Labute approximate surface area is 124 Å². The van der Waals surface area contributed by atoms with Crippen LogP contribution in [0.15, 0.2) is 0 Å². The summed E-state index contributed by atoms with van der Waals surface area (Å²) in [6.45, 7) is 11.9. The standard InChI is InChI=1S/C16H27BNS/c1-10(2)16-7-6-13-12(9-15(16,5)17-16)8-14(19)18(13)11(3)4/h10-13H,6-9H2,1-5H3. The summed E-state index contributed by atoms with van der Waals surface area (Å²) in [5.74, 6) is 1.59. The molecule has 0 spiro atoms. The maximum atomic E-state index is 5.66. The Hall–Kier alpha value is -0.0451. The molecular formula is C16H27BNS. The molecule has 105 valence electrons. The third kappa shape index (κ3) is 1.83. The van der Waals surface area contributed by atoms with Gasteiger partial charge in [-0.2, -0.15) is 0 Å². The summed E-state index contributed by atoms with van der Waals surface area (Å²) in [5, 5.41) is 1.02. The van der Waals surface area contributed by atoms with Gasteiger partial charge in [-0.15, -0.1) is 0 Å². The van der Waals surface area contributed by atoms with Crippen LogP contribution in [0.1, 0.15) is 60.3 Å². The first-order chi connectivity index (χ1) is 8.81. The lowest BCUT2D eigenvalue weighted by Gasteiger charge is -2.33. The second-order valence-corrected chi connectivity index (χ2v) is 8.40. The molecule has 0 aromatic heterocycles. The molecule has 0 bridgehead atoms. The largest absolute Gasteiger partial charge is 0.360 e. The second-order valence-electron chi connectivity index (χ2n) is 7.93. The Kier molecular flexibility index (Phi) is 3.09. The number of nitrogens with zero attached hydrogens (tertiary/aromatic N) is 1. The van der Waals surface area contributed by atoms with Gasteiger partial charge in [-0.05, 0) is 38.5 Å². The van der Waals surface area contributed by atoms with E-state index in [9.17, 15) is 0 Å². The van der Waals surface area contributed by atoms with E-state index in [4.69, 9.17) is 12.2 Å². The highest BCUT2D eigenvalue weighted by Gasteiger charge is 2.67. The molecule has 4 unspecified atom stereocenters. The van der Waals surface area contributed by atoms with Crippen LogP contribution in [0.5, 0.6) is 0 Å². The molecule has 0 amide bonds. The van der Waals surface area contributed by atoms with Gasteiger partial charge in [0.15, 0.2) is 0 Å². The zero-order valence-corrected chi connectivity index (χ0v) is 13.9. The molecule has 3 rings (SSSR count). The number of rotatable bonds is 2. The SMILES string of the molecule is CC(C)N1C(=S)CC2CC3(C)[B]C3(C(C)C)CCC21. The molecule has 1 aliphatic carbocycles. The van der Waals surface area contributed by atoms with Crippen LogP contribution in [0.2, 0.25) is 10.6 Å². The van der Waals surface area contributed by atoms with Gasteiger partial charge < -0.3 is 4.90 Å². The third-order valence-corrected chi connectivity index (χ3v) is 6.69. The summed E-state index contributed by atoms with van der Waals surface area (Å²) in [6, 6.07) is 1.30. The van der Waals surface area contributed by atoms with Crippen molar-refractivity contribution < 1.29 is 0 Å². The Morgan fingerprint density at radius 2 is 2.00 bits per heavy atom. The van der Waals surface area contributed by atoms with Gasteiger partial charge in [0.05, 0.1) is 4.99 Å². The van der Waals surface area contributed by atoms with Crippen LogP contribution < -0.4 is 0 Å². The van der Waals surface area contributed by atoms with E-state index >= 15 is 0 Å². The predicted octanol–water partition coefficient (Wildman–Crippen LogP) is 4.31. The van der Waals surface area contributed by atoms with Crippen LogP contribution in [0, 0.1) is 11.8 Å². The fourth-order valence-electron chi connectivity index (χ4n) is 5.32. The molecule has 1 radical (unpaired) electrons. The van der Waals surface area contributed by atoms with Gasteiger partial charge in [0, 0.05) is 18.5 Å². The topological polar surface area (TPSA) is 3.24 Å². The Balaban J connectivity index is 1.85. The zero-order chi connectivity index (χ0) is 14.0. The minimum absolute atomic E-state index is 0.489. The van der Waals surface area contributed by atoms with Crippen LogP contribution in [0.25, 0.3) is 0 Å². The quantitative estimate of drug-likeness (QED) is 0.546. The number of hydrogen-bond donors (Lipinski definition) is 0. The van der Waals surface area contributed by atoms with Gasteiger partial charge in [-0.25, -0.2) is 0 Å². The van der Waals surface area contributed by atoms with Crippen molar-refractivity contribution in [3.05, 3.63) is 0 Å². The van der Waals surface area contributed by atoms with Crippen molar-refractivity contribution in [2.24, 2.45) is 11.8 Å². The summed E-state index contributed by atoms with van der Waals surface area (Å²) < 4.78 is 0. The molecule has 1 nitrogen and oxygen atoms in total. The van der Waals surface area contributed by atoms with Gasteiger partial charge in [-0.3, -0.25) is 0 Å². The molecule has 2 saturated heterocycles. The molecular weight excluding hydrogens is 249 g/mol. The third-order valence-electron chi connectivity index (χ3n) is 6.31. The minimum atomic E-state index is 0.489. The minimum Gasteiger partial charge on any atom is -0.360 e. The van der Waals surface area contributed by atoms with Crippen molar-refractivity contribution in [2.75, 3.05) is 0 Å². The van der Waals surface area contributed by atoms with E-state index in [0.29, 0.717) is 16.7 Å². The molecule has 4 atom stereocenters. The van der Waals surface area contributed by atoms with E-state index in [2.05, 4.69) is 46.8 Å². The van der Waals surface area contributed by atoms with Crippen LogP contribution in [-0.4, -0.2) is 29.3 Å². The highest BCUT2D eigenvalue weighted by atomic mass is 32.1. The summed E-state index contributed by atoms with van der Waals surface area (Å²) in [7, 11) is 2.67. The summed E-state index contributed by atoms with van der Waals surface area (Å²) in [6.07, 6.45) is 5.23. The van der Waals surface area contributed by atoms with Crippen LogP contribution in [0.4, 0.5) is 0 Å². The van der Waals surface area contributed by atoms with Crippen molar-refractivity contribution >= 4 is 24.5 Å². The monoisotopic (exact) mass is 276 g/mol. The molecule has 0 aromatic carbocycles. The molecule has 3 heteroatoms. The number of thiocarbonyl (C=S) groups is 1. The molecule has 3 fully saturated rings. The first-order valence-corrected chi connectivity index (χ1v) is 8.40. The molecule has 0 N–H and O–H groups in total. The average molecular weight is 276 g/mol. The highest BCUT2D eigenvalue weighted by Crippen LogP contribution is 2.79. The molecule has 1 saturated carbocycles. The summed E-state index contributed by atoms with van der Waals surface area (Å²) >= 11 is 5.66. The van der Waals surface area contributed by atoms with Gasteiger partial charge in [0.1, 0.15) is 7.28 Å². The average Bonchev–Trinajstić information content (AvgIpc) is 2.78. The van der Waals surface area contributed by atoms with Crippen molar-refractivity contribution in [3.8, 4) is 0 Å². The Morgan fingerprint density at radius 1 is 1.32 bits per heavy atom. The highest BCUT2D eigenvalue weighted by molar-refractivity contribution is 7.80. The lowest BCUT2D eigenvalue weighted by molar-refractivity contribution is 0.224. The predicted molar refractivity (Wildman–Crippen MR) is 87.0 cm³/mol. The maximum Gasteiger partial charge on any atom is 0.125 e. The number of fused-ring (bicyclic) bond motifs is 2. The number of likely N-dealkylation sites (tertiary alicyclic amines) is 1. The Morgan fingerprint density at radius 3 is 2.58 bits per heavy atom. The molecule has 2 aliphatic heterocycles. The van der Waals surface area contributed by atoms with Crippen LogP contribution >= 0.6 is 12.2 Å². The summed E-state index contributed by atoms with van der Waals surface area (Å²) in [4.78, 5) is 3.79. The maximum absolute atomic E-state index is 5.66. The van der Waals surface area contributed by atoms with E-state index in [1.165, 1.54) is 24.3 Å². The van der Waals surface area contributed by atoms with E-state index in [1.807, 2.05) is 0 Å². The smallest absolute Gasteiger partial charge is 0.125 e. The first-order valence-electron chi connectivity index (χ1n) is 7.99. The van der Waals surface area contributed by atoms with Crippen LogP contribution in [-0.2, 0) is 0 Å². The van der Waals surface area contributed by atoms with Gasteiger partial charge >= 0.3 is 0 Å². The van der Waals surface area contributed by atoms with E-state index < -0.39 is 0 Å². The lowest BCUT2D eigenvalue weighted by atomic mass is 9.74. The van der Waals surface area contributed by atoms with Gasteiger partial charge in [0.25, 0.3) is 0 Å². The molecule has 2 heterocycles. The summed E-state index contributed by atoms with van der Waals surface area (Å²) in [5.41, 5.74) is 0. The molecule has 19 heavy (non-hydrogen) atoms. The van der Waals surface area contributed by atoms with E-state index in [1.54, 1.807) is 0 Å². The fourth-order valence-corrected chi connectivity index (χ4v) is 5.88. The van der Waals surface area contributed by atoms with Crippen molar-refractivity contribution in [2.45, 2.75) is 83.0 Å². The van der Waals surface area contributed by atoms with Crippen molar-refractivity contribution in [1.29, 1.82) is 0 Å². The zero-order valence-electron chi connectivity index (χ0n) is 13.1. The first kappa shape index (κ1) is 13.9. The molecule has 0 aromatic rings. The number of hydrogen-bond acceptors (Lipinski definition) is 1. The lowest BCUT2D eigenvalue weighted by Crippen LogP contribution is -2.39. The normalized spacial score (nSPS) is 45.0. The second kappa shape index (κ2) is 4.22.